The third kappa shape index (κ3) is 6.43. The van der Waals surface area contributed by atoms with E-state index in [0.29, 0.717) is 6.42 Å². The van der Waals surface area contributed by atoms with Gasteiger partial charge in [-0.15, -0.1) is 0 Å². The van der Waals surface area contributed by atoms with Gasteiger partial charge in [0, 0.05) is 29.0 Å². The van der Waals surface area contributed by atoms with E-state index < -0.39 is 0 Å². The van der Waals surface area contributed by atoms with Gasteiger partial charge in [-0.25, -0.2) is 0 Å². The van der Waals surface area contributed by atoms with Gasteiger partial charge in [0.25, 0.3) is 0 Å². The predicted molar refractivity (Wildman–Crippen MR) is 254 cm³/mol. The molecule has 0 unspecified atom stereocenters. The minimum absolute atomic E-state index is 0.671. The largest absolute Gasteiger partial charge is 0.453 e. The zero-order chi connectivity index (χ0) is 41.9. The summed E-state index contributed by atoms with van der Waals surface area (Å²) in [5.41, 5.74) is 15.2. The quantitative estimate of drug-likeness (QED) is 0.160. The molecule has 0 aromatic heterocycles. The zero-order valence-corrected chi connectivity index (χ0v) is 34.6. The van der Waals surface area contributed by atoms with Gasteiger partial charge in [-0.05, 0) is 133 Å². The van der Waals surface area contributed by atoms with Crippen LogP contribution in [0, 0.1) is 6.92 Å². The van der Waals surface area contributed by atoms with Gasteiger partial charge in [0.2, 0.25) is 0 Å². The number of anilines is 9. The summed E-state index contributed by atoms with van der Waals surface area (Å²) in [4.78, 5) is 6.96. The lowest BCUT2D eigenvalue weighted by molar-refractivity contribution is 0.471. The number of hydrogen-bond acceptors (Lipinski definition) is 6. The number of para-hydroxylation sites is 8. The third-order valence-electron chi connectivity index (χ3n) is 12.1. The first-order valence-electron chi connectivity index (χ1n) is 21.4. The van der Waals surface area contributed by atoms with Crippen molar-refractivity contribution in [3.8, 4) is 34.5 Å². The summed E-state index contributed by atoms with van der Waals surface area (Å²) in [6.07, 6.45) is 1.41. The Morgan fingerprint density at radius 3 is 1.54 bits per heavy atom. The summed E-state index contributed by atoms with van der Waals surface area (Å²) >= 11 is 0. The van der Waals surface area contributed by atoms with Gasteiger partial charge in [0.15, 0.2) is 34.5 Å². The molecule has 0 amide bonds. The normalized spacial score (nSPS) is 12.9. The molecule has 3 aliphatic heterocycles. The standard InChI is InChI=1S/C57H41N3O3/c1-38-15-12-28-55-56(38)60(47-24-9-10-26-51(47)62-55)45-22-13-16-39(35-45)33-40-29-31-53-49(36-40)59(44-20-6-3-7-21-44)50-37-41(30-32-54(50)61-53)34-42-17-14-25-48-57(42)63-52-27-11-8-23-46(52)58(48)43-18-4-2-5-19-43/h2-32,35-37H,33-34H2,1H3. The van der Waals surface area contributed by atoms with E-state index in [1.165, 1.54) is 11.1 Å². The van der Waals surface area contributed by atoms with Crippen molar-refractivity contribution < 1.29 is 14.2 Å². The molecule has 0 radical (unpaired) electrons. The molecular weight excluding hydrogens is 775 g/mol. The minimum Gasteiger partial charge on any atom is -0.453 e. The topological polar surface area (TPSA) is 37.4 Å². The van der Waals surface area contributed by atoms with Gasteiger partial charge in [0.05, 0.1) is 34.1 Å². The van der Waals surface area contributed by atoms with Crippen LogP contribution in [0.3, 0.4) is 0 Å². The fourth-order valence-corrected chi connectivity index (χ4v) is 9.30. The molecule has 9 aromatic rings. The number of fused-ring (bicyclic) bond motifs is 6. The Morgan fingerprint density at radius 1 is 0.333 bits per heavy atom. The van der Waals surface area contributed by atoms with E-state index in [1.807, 2.05) is 30.3 Å². The fourth-order valence-electron chi connectivity index (χ4n) is 9.30. The first-order valence-corrected chi connectivity index (χ1v) is 21.4. The van der Waals surface area contributed by atoms with E-state index in [2.05, 4.69) is 198 Å². The van der Waals surface area contributed by atoms with Crippen LogP contribution in [0.15, 0.2) is 206 Å². The van der Waals surface area contributed by atoms with Crippen LogP contribution in [-0.2, 0) is 12.8 Å². The maximum absolute atomic E-state index is 6.74. The molecule has 6 nitrogen and oxygen atoms in total. The highest BCUT2D eigenvalue weighted by atomic mass is 16.5. The molecule has 0 fully saturated rings. The second-order valence-corrected chi connectivity index (χ2v) is 16.2. The molecule has 6 heteroatoms. The zero-order valence-electron chi connectivity index (χ0n) is 34.6. The van der Waals surface area contributed by atoms with Crippen LogP contribution in [0.5, 0.6) is 34.5 Å². The lowest BCUT2D eigenvalue weighted by Crippen LogP contribution is -2.17. The summed E-state index contributed by atoms with van der Waals surface area (Å²) < 4.78 is 19.8. The van der Waals surface area contributed by atoms with Crippen LogP contribution in [0.4, 0.5) is 51.2 Å². The molecule has 0 atom stereocenters. The van der Waals surface area contributed by atoms with Crippen molar-refractivity contribution in [3.63, 3.8) is 0 Å². The van der Waals surface area contributed by atoms with E-state index in [9.17, 15) is 0 Å². The van der Waals surface area contributed by atoms with Gasteiger partial charge in [-0.1, -0.05) is 109 Å². The molecule has 0 bridgehead atoms. The highest BCUT2D eigenvalue weighted by molar-refractivity contribution is 5.90. The number of ether oxygens (including phenoxy) is 3. The molecule has 0 aliphatic carbocycles. The van der Waals surface area contributed by atoms with E-state index in [-0.39, 0.29) is 0 Å². The Balaban J connectivity index is 0.890. The van der Waals surface area contributed by atoms with Crippen molar-refractivity contribution in [2.75, 3.05) is 14.7 Å². The van der Waals surface area contributed by atoms with Crippen LogP contribution in [-0.4, -0.2) is 0 Å². The number of hydrogen-bond donors (Lipinski definition) is 0. The monoisotopic (exact) mass is 815 g/mol. The number of aryl methyl sites for hydroxylation is 1. The summed E-state index contributed by atoms with van der Waals surface area (Å²) in [5, 5.41) is 0. The van der Waals surface area contributed by atoms with Crippen molar-refractivity contribution in [2.45, 2.75) is 19.8 Å². The van der Waals surface area contributed by atoms with Crippen LogP contribution >= 0.6 is 0 Å². The highest BCUT2D eigenvalue weighted by Crippen LogP contribution is 2.55. The van der Waals surface area contributed by atoms with Gasteiger partial charge < -0.3 is 28.9 Å². The fraction of sp³-hybridized carbons (Fsp3) is 0.0526. The van der Waals surface area contributed by atoms with Gasteiger partial charge in [-0.2, -0.15) is 0 Å². The van der Waals surface area contributed by atoms with E-state index >= 15 is 0 Å². The second-order valence-electron chi connectivity index (χ2n) is 16.2. The van der Waals surface area contributed by atoms with Crippen LogP contribution < -0.4 is 28.9 Å². The number of nitrogens with zero attached hydrogens (tertiary/aromatic N) is 3. The average Bonchev–Trinajstić information content (AvgIpc) is 3.33. The Kier molecular flexibility index (Phi) is 8.75. The van der Waals surface area contributed by atoms with Crippen molar-refractivity contribution in [1.29, 1.82) is 0 Å². The van der Waals surface area contributed by atoms with Gasteiger partial charge in [-0.3, -0.25) is 0 Å². The van der Waals surface area contributed by atoms with Crippen molar-refractivity contribution >= 4 is 51.2 Å². The number of rotatable bonds is 7. The van der Waals surface area contributed by atoms with E-state index in [0.717, 1.165) is 109 Å². The van der Waals surface area contributed by atoms with E-state index in [1.54, 1.807) is 0 Å². The first kappa shape index (κ1) is 36.6. The maximum atomic E-state index is 6.74. The molecular formula is C57H41N3O3. The molecule has 0 N–H and O–H groups in total. The van der Waals surface area contributed by atoms with Crippen LogP contribution in [0.25, 0.3) is 0 Å². The van der Waals surface area contributed by atoms with Crippen LogP contribution in [0.2, 0.25) is 0 Å². The molecule has 0 saturated carbocycles. The lowest BCUT2D eigenvalue weighted by Gasteiger charge is -2.34. The highest BCUT2D eigenvalue weighted by Gasteiger charge is 2.31. The Labute approximate surface area is 367 Å². The summed E-state index contributed by atoms with van der Waals surface area (Å²) in [7, 11) is 0. The number of benzene rings is 9. The Hall–Kier alpha value is -8.22. The summed E-state index contributed by atoms with van der Waals surface area (Å²) in [5.74, 6) is 5.03. The molecule has 3 heterocycles. The van der Waals surface area contributed by atoms with Gasteiger partial charge >= 0.3 is 0 Å². The molecule has 0 spiro atoms. The molecule has 9 aromatic carbocycles. The second kappa shape index (κ2) is 15.0. The predicted octanol–water partition coefficient (Wildman–Crippen LogP) is 15.9. The van der Waals surface area contributed by atoms with E-state index in [4.69, 9.17) is 14.2 Å². The van der Waals surface area contributed by atoms with Crippen molar-refractivity contribution in [2.24, 2.45) is 0 Å². The Bertz CT molecular complexity index is 3200. The SMILES string of the molecule is Cc1cccc2c1N(c1cccc(Cc3ccc4c(c3)N(c3ccccc3)c3cc(Cc5cccc6c5Oc5ccccc5N6c5ccccc5)ccc3O4)c1)c1ccccc1O2. The first-order chi connectivity index (χ1) is 31.1. The molecule has 0 saturated heterocycles. The van der Waals surface area contributed by atoms with Crippen molar-refractivity contribution in [1.82, 2.24) is 0 Å². The molecule has 302 valence electrons. The minimum atomic E-state index is 0.671. The van der Waals surface area contributed by atoms with Crippen molar-refractivity contribution in [3.05, 3.63) is 234 Å². The summed E-state index contributed by atoms with van der Waals surface area (Å²) in [6.45, 7) is 2.14. The average molecular weight is 816 g/mol. The molecule has 12 rings (SSSR count). The Morgan fingerprint density at radius 2 is 0.825 bits per heavy atom. The molecule has 63 heavy (non-hydrogen) atoms. The summed E-state index contributed by atoms with van der Waals surface area (Å²) in [6, 6.07) is 72.3. The third-order valence-corrected chi connectivity index (χ3v) is 12.1. The maximum Gasteiger partial charge on any atom is 0.155 e. The van der Waals surface area contributed by atoms with Gasteiger partial charge in [0.1, 0.15) is 0 Å². The molecule has 3 aliphatic rings. The lowest BCUT2D eigenvalue weighted by atomic mass is 9.98. The van der Waals surface area contributed by atoms with Crippen LogP contribution in [0.1, 0.15) is 27.8 Å². The smallest absolute Gasteiger partial charge is 0.155 e.